The molecular formula is C23H22N2O4S2. The zero-order valence-corrected chi connectivity index (χ0v) is 19.1. The Morgan fingerprint density at radius 2 is 1.97 bits per heavy atom. The number of carbonyl (C=O) groups is 1. The number of esters is 1. The normalized spacial score (nSPS) is 16.1. The smallest absolute Gasteiger partial charge is 0.338 e. The molecule has 1 atom stereocenters. The number of hydrogen-bond acceptors (Lipinski definition) is 7. The second-order valence-electron chi connectivity index (χ2n) is 6.82. The lowest BCUT2D eigenvalue weighted by molar-refractivity contribution is -0.139. The Kier molecular flexibility index (Phi) is 6.20. The zero-order chi connectivity index (χ0) is 22.0. The highest BCUT2D eigenvalue weighted by atomic mass is 32.1. The summed E-state index contributed by atoms with van der Waals surface area (Å²) in [5.74, 6) is 0.268. The fraction of sp³-hybridized carbons (Fsp3) is 0.261. The van der Waals surface area contributed by atoms with Crippen molar-refractivity contribution in [1.82, 2.24) is 4.57 Å². The zero-order valence-electron chi connectivity index (χ0n) is 17.5. The summed E-state index contributed by atoms with van der Waals surface area (Å²) in [6, 6.07) is 10.7. The van der Waals surface area contributed by atoms with Gasteiger partial charge in [-0.25, -0.2) is 9.79 Å². The minimum Gasteiger partial charge on any atom is -0.494 e. The summed E-state index contributed by atoms with van der Waals surface area (Å²) < 4.78 is 13.0. The first kappa shape index (κ1) is 21.3. The molecule has 6 nitrogen and oxygen atoms in total. The van der Waals surface area contributed by atoms with E-state index < -0.39 is 12.0 Å². The van der Waals surface area contributed by atoms with Crippen LogP contribution < -0.4 is 19.6 Å². The van der Waals surface area contributed by atoms with Crippen molar-refractivity contribution in [2.24, 2.45) is 4.99 Å². The van der Waals surface area contributed by atoms with Gasteiger partial charge in [0.2, 0.25) is 0 Å². The summed E-state index contributed by atoms with van der Waals surface area (Å²) in [6.45, 7) is 6.27. The van der Waals surface area contributed by atoms with E-state index in [1.54, 1.807) is 29.8 Å². The molecule has 0 radical (unpaired) electrons. The average molecular weight is 455 g/mol. The van der Waals surface area contributed by atoms with Crippen molar-refractivity contribution < 1.29 is 14.3 Å². The molecule has 8 heteroatoms. The van der Waals surface area contributed by atoms with Crippen molar-refractivity contribution in [3.63, 3.8) is 0 Å². The molecular weight excluding hydrogens is 432 g/mol. The van der Waals surface area contributed by atoms with E-state index in [1.807, 2.05) is 54.8 Å². The highest BCUT2D eigenvalue weighted by Gasteiger charge is 2.33. The molecule has 0 spiro atoms. The lowest BCUT2D eigenvalue weighted by atomic mass is 9.96. The third-order valence-electron chi connectivity index (χ3n) is 4.84. The molecule has 1 aliphatic rings. The van der Waals surface area contributed by atoms with Crippen molar-refractivity contribution >= 4 is 34.7 Å². The summed E-state index contributed by atoms with van der Waals surface area (Å²) in [5, 5.41) is 1.97. The topological polar surface area (TPSA) is 69.9 Å². The standard InChI is InChI=1S/C23H22N2O4S2/c1-4-28-16-10-8-15(9-11-16)20-19(22(27)29-5-2)14(3)24-23-25(20)21(26)18(31-23)13-17-7-6-12-30-17/h6-13,20H,4-5H2,1-3H3/b18-13-. The lowest BCUT2D eigenvalue weighted by Gasteiger charge is -2.24. The molecule has 0 fully saturated rings. The van der Waals surface area contributed by atoms with Crippen molar-refractivity contribution in [2.45, 2.75) is 26.8 Å². The van der Waals surface area contributed by atoms with Crippen molar-refractivity contribution in [1.29, 1.82) is 0 Å². The van der Waals surface area contributed by atoms with Crippen LogP contribution in [0.5, 0.6) is 5.75 Å². The first-order valence-electron chi connectivity index (χ1n) is 9.99. The van der Waals surface area contributed by atoms with E-state index >= 15 is 0 Å². The summed E-state index contributed by atoms with van der Waals surface area (Å²) in [4.78, 5) is 32.4. The lowest BCUT2D eigenvalue weighted by Crippen LogP contribution is -2.39. The molecule has 160 valence electrons. The molecule has 4 rings (SSSR count). The number of allylic oxidation sites excluding steroid dienone is 1. The SMILES string of the molecule is CCOC(=O)C1=C(C)N=c2s/c(=C\c3cccs3)c(=O)n2C1c1ccc(OCC)cc1. The van der Waals surface area contributed by atoms with E-state index in [2.05, 4.69) is 4.99 Å². The number of ether oxygens (including phenoxy) is 2. The van der Waals surface area contributed by atoms with Gasteiger partial charge in [0.05, 0.1) is 35.1 Å². The maximum atomic E-state index is 13.4. The van der Waals surface area contributed by atoms with Gasteiger partial charge >= 0.3 is 5.97 Å². The fourth-order valence-corrected chi connectivity index (χ4v) is 5.29. The Balaban J connectivity index is 1.92. The van der Waals surface area contributed by atoms with Crippen molar-refractivity contribution in [3.05, 3.63) is 83.2 Å². The number of hydrogen-bond donors (Lipinski definition) is 0. The van der Waals surface area contributed by atoms with Crippen LogP contribution in [0.2, 0.25) is 0 Å². The molecule has 0 saturated heterocycles. The van der Waals surface area contributed by atoms with Crippen LogP contribution in [0.3, 0.4) is 0 Å². The van der Waals surface area contributed by atoms with E-state index in [0.717, 1.165) is 16.2 Å². The third kappa shape index (κ3) is 4.13. The molecule has 3 heterocycles. The molecule has 0 bridgehead atoms. The number of benzene rings is 1. The van der Waals surface area contributed by atoms with Gasteiger partial charge in [-0.2, -0.15) is 0 Å². The molecule has 0 N–H and O–H groups in total. The van der Waals surface area contributed by atoms with Gasteiger partial charge in [-0.05, 0) is 56.0 Å². The average Bonchev–Trinajstić information content (AvgIpc) is 3.36. The number of carbonyl (C=O) groups excluding carboxylic acids is 1. The van der Waals surface area contributed by atoms with E-state index in [4.69, 9.17) is 9.47 Å². The van der Waals surface area contributed by atoms with Crippen LogP contribution in [0.15, 0.2) is 62.8 Å². The minimum absolute atomic E-state index is 0.176. The Morgan fingerprint density at radius 1 is 1.19 bits per heavy atom. The summed E-state index contributed by atoms with van der Waals surface area (Å²) in [5.41, 5.74) is 1.55. The maximum absolute atomic E-state index is 13.4. The van der Waals surface area contributed by atoms with E-state index in [-0.39, 0.29) is 12.2 Å². The molecule has 0 aliphatic carbocycles. The molecule has 3 aromatic rings. The van der Waals surface area contributed by atoms with Crippen LogP contribution in [0, 0.1) is 0 Å². The summed E-state index contributed by atoms with van der Waals surface area (Å²) in [6.07, 6.45) is 1.87. The molecule has 1 aliphatic heterocycles. The number of fused-ring (bicyclic) bond motifs is 1. The Bertz CT molecular complexity index is 1300. The van der Waals surface area contributed by atoms with Crippen LogP contribution in [0.4, 0.5) is 0 Å². The minimum atomic E-state index is -0.614. The Hall–Kier alpha value is -2.97. The predicted octanol–water partition coefficient (Wildman–Crippen LogP) is 3.26. The van der Waals surface area contributed by atoms with Gasteiger partial charge in [-0.3, -0.25) is 9.36 Å². The van der Waals surface area contributed by atoms with Crippen LogP contribution in [0.1, 0.15) is 37.3 Å². The van der Waals surface area contributed by atoms with Gasteiger partial charge in [-0.1, -0.05) is 29.5 Å². The van der Waals surface area contributed by atoms with Crippen LogP contribution in [0.25, 0.3) is 6.08 Å². The first-order chi connectivity index (χ1) is 15.0. The third-order valence-corrected chi connectivity index (χ3v) is 6.64. The van der Waals surface area contributed by atoms with Crippen LogP contribution >= 0.6 is 22.7 Å². The van der Waals surface area contributed by atoms with Gasteiger partial charge in [0, 0.05) is 4.88 Å². The van der Waals surface area contributed by atoms with Crippen LogP contribution in [-0.2, 0) is 9.53 Å². The Morgan fingerprint density at radius 3 is 2.61 bits per heavy atom. The van der Waals surface area contributed by atoms with Crippen molar-refractivity contribution in [3.8, 4) is 5.75 Å². The quantitative estimate of drug-likeness (QED) is 0.536. The van der Waals surface area contributed by atoms with Gasteiger partial charge in [0.15, 0.2) is 4.80 Å². The Labute approximate surface area is 187 Å². The highest BCUT2D eigenvalue weighted by molar-refractivity contribution is 7.11. The molecule has 0 saturated carbocycles. The number of thiazole rings is 1. The highest BCUT2D eigenvalue weighted by Crippen LogP contribution is 2.31. The van der Waals surface area contributed by atoms with E-state index in [9.17, 15) is 9.59 Å². The number of rotatable bonds is 6. The predicted molar refractivity (Wildman–Crippen MR) is 122 cm³/mol. The second kappa shape index (κ2) is 9.03. The van der Waals surface area contributed by atoms with Crippen molar-refractivity contribution in [2.75, 3.05) is 13.2 Å². The molecule has 1 aromatic carbocycles. The monoisotopic (exact) mass is 454 g/mol. The summed E-state index contributed by atoms with van der Waals surface area (Å²) >= 11 is 2.89. The first-order valence-corrected chi connectivity index (χ1v) is 11.7. The van der Waals surface area contributed by atoms with E-state index in [0.29, 0.717) is 27.2 Å². The molecule has 2 aromatic heterocycles. The largest absolute Gasteiger partial charge is 0.494 e. The summed E-state index contributed by atoms with van der Waals surface area (Å²) in [7, 11) is 0. The number of nitrogens with zero attached hydrogens (tertiary/aromatic N) is 2. The molecule has 31 heavy (non-hydrogen) atoms. The van der Waals surface area contributed by atoms with Gasteiger partial charge in [0.1, 0.15) is 5.75 Å². The van der Waals surface area contributed by atoms with Crippen LogP contribution in [-0.4, -0.2) is 23.8 Å². The second-order valence-corrected chi connectivity index (χ2v) is 8.81. The van der Waals surface area contributed by atoms with Gasteiger partial charge in [0.25, 0.3) is 5.56 Å². The maximum Gasteiger partial charge on any atom is 0.338 e. The number of aromatic nitrogens is 1. The molecule has 1 unspecified atom stereocenters. The van der Waals surface area contributed by atoms with Gasteiger partial charge < -0.3 is 9.47 Å². The van der Waals surface area contributed by atoms with Gasteiger partial charge in [-0.15, -0.1) is 11.3 Å². The van der Waals surface area contributed by atoms with E-state index in [1.165, 1.54) is 11.3 Å². The number of thiophene rings is 1. The molecule has 0 amide bonds. The fourth-order valence-electron chi connectivity index (χ4n) is 3.52.